The van der Waals surface area contributed by atoms with E-state index in [1.807, 2.05) is 6.07 Å². The summed E-state index contributed by atoms with van der Waals surface area (Å²) in [5.41, 5.74) is 6.45. The van der Waals surface area contributed by atoms with Gasteiger partial charge in [-0.15, -0.1) is 0 Å². The van der Waals surface area contributed by atoms with E-state index in [0.717, 1.165) is 31.3 Å². The molecule has 0 unspecified atom stereocenters. The number of hydrogen-bond acceptors (Lipinski definition) is 3. The van der Waals surface area contributed by atoms with Gasteiger partial charge in [0.2, 0.25) is 5.91 Å². The van der Waals surface area contributed by atoms with Crippen LogP contribution in [0, 0.1) is 5.41 Å². The van der Waals surface area contributed by atoms with Crippen LogP contribution in [0.3, 0.4) is 0 Å². The Labute approximate surface area is 196 Å². The second-order valence-electron chi connectivity index (χ2n) is 9.39. The third kappa shape index (κ3) is 4.60. The first-order chi connectivity index (χ1) is 15.5. The van der Waals surface area contributed by atoms with Gasteiger partial charge in [0.05, 0.1) is 16.3 Å². The summed E-state index contributed by atoms with van der Waals surface area (Å²) in [6, 6.07) is 11.5. The van der Waals surface area contributed by atoms with E-state index >= 15 is 0 Å². The summed E-state index contributed by atoms with van der Waals surface area (Å²) in [7, 11) is 0. The number of alkyl halides is 2. The van der Waals surface area contributed by atoms with Crippen LogP contribution in [0.4, 0.5) is 20.2 Å². The van der Waals surface area contributed by atoms with Crippen LogP contribution < -0.4 is 15.5 Å². The van der Waals surface area contributed by atoms with E-state index in [4.69, 9.17) is 17.3 Å². The molecule has 2 N–H and O–H groups in total. The van der Waals surface area contributed by atoms with Crippen molar-refractivity contribution < 1.29 is 18.4 Å². The van der Waals surface area contributed by atoms with Gasteiger partial charge >= 0.3 is 0 Å². The summed E-state index contributed by atoms with van der Waals surface area (Å²) in [4.78, 5) is 28.5. The maximum absolute atomic E-state index is 14.9. The highest BCUT2D eigenvalue weighted by atomic mass is 35.5. The highest BCUT2D eigenvalue weighted by molar-refractivity contribution is 6.35. The molecule has 2 aliphatic rings. The van der Waals surface area contributed by atoms with E-state index in [2.05, 4.69) is 18.7 Å². The van der Waals surface area contributed by atoms with Gasteiger partial charge in [0, 0.05) is 49.0 Å². The average molecular weight is 474 g/mol. The molecule has 5 nitrogen and oxygen atoms in total. The maximum Gasteiger partial charge on any atom is 0.275 e. The lowest BCUT2D eigenvalue weighted by molar-refractivity contribution is -0.113. The average Bonchev–Trinajstić information content (AvgIpc) is 3.06. The standard InChI is InChI=1S/C25H26ClF2N3O2/c1-24(2)9-11-30(15-24)16-7-8-18(20(26)13-16)23(33)31-12-10-25(27,28)19(14-22(29)32)17-5-3-4-6-21(17)31/h3-8,13-14H,9-12,15H2,1-2H3,(H2,29,32)/b19-14-. The molecular weight excluding hydrogens is 448 g/mol. The van der Waals surface area contributed by atoms with Gasteiger partial charge in [0.1, 0.15) is 0 Å². The Balaban J connectivity index is 1.70. The number of nitrogens with two attached hydrogens (primary N) is 1. The Hall–Kier alpha value is -2.93. The largest absolute Gasteiger partial charge is 0.371 e. The number of fused-ring (bicyclic) bond motifs is 1. The van der Waals surface area contributed by atoms with Gasteiger partial charge in [0.15, 0.2) is 0 Å². The molecule has 4 rings (SSSR count). The third-order valence-corrected chi connectivity index (χ3v) is 6.60. The number of carbonyl (C=O) groups excluding carboxylic acids is 2. The fraction of sp³-hybridized carbons (Fsp3) is 0.360. The minimum atomic E-state index is -3.32. The normalized spacial score (nSPS) is 20.5. The summed E-state index contributed by atoms with van der Waals surface area (Å²) in [5, 5.41) is 0.267. The molecule has 2 heterocycles. The van der Waals surface area contributed by atoms with Gasteiger partial charge in [-0.25, -0.2) is 8.78 Å². The number of carbonyl (C=O) groups is 2. The lowest BCUT2D eigenvalue weighted by Gasteiger charge is -2.25. The maximum atomic E-state index is 14.9. The predicted molar refractivity (Wildman–Crippen MR) is 127 cm³/mol. The molecule has 33 heavy (non-hydrogen) atoms. The van der Waals surface area contributed by atoms with Crippen molar-refractivity contribution in [3.05, 3.63) is 64.7 Å². The number of halogens is 3. The lowest BCUT2D eigenvalue weighted by atomic mass is 9.93. The van der Waals surface area contributed by atoms with Crippen molar-refractivity contribution in [3.63, 3.8) is 0 Å². The van der Waals surface area contributed by atoms with Crippen LogP contribution in [-0.2, 0) is 4.79 Å². The summed E-state index contributed by atoms with van der Waals surface area (Å²) in [6.07, 6.45) is 1.16. The minimum Gasteiger partial charge on any atom is -0.371 e. The van der Waals surface area contributed by atoms with Crippen LogP contribution in [0.1, 0.15) is 42.6 Å². The molecular formula is C25H26ClF2N3O2. The molecule has 1 saturated heterocycles. The molecule has 174 valence electrons. The van der Waals surface area contributed by atoms with Gasteiger partial charge in [0.25, 0.3) is 11.8 Å². The van der Waals surface area contributed by atoms with Gasteiger partial charge in [-0.1, -0.05) is 43.6 Å². The monoisotopic (exact) mass is 473 g/mol. The molecule has 0 radical (unpaired) electrons. The minimum absolute atomic E-state index is 0.0965. The van der Waals surface area contributed by atoms with Crippen LogP contribution in [0.2, 0.25) is 5.02 Å². The zero-order valence-corrected chi connectivity index (χ0v) is 19.3. The Morgan fingerprint density at radius 3 is 2.45 bits per heavy atom. The molecule has 2 amide bonds. The number of benzene rings is 2. The number of rotatable bonds is 3. The smallest absolute Gasteiger partial charge is 0.275 e. The van der Waals surface area contributed by atoms with Crippen LogP contribution in [-0.4, -0.2) is 37.4 Å². The van der Waals surface area contributed by atoms with Gasteiger partial charge in [-0.3, -0.25) is 9.59 Å². The Bertz CT molecular complexity index is 1150. The topological polar surface area (TPSA) is 66.6 Å². The van der Waals surface area contributed by atoms with Gasteiger partial charge in [-0.2, -0.15) is 0 Å². The molecule has 0 aromatic heterocycles. The Morgan fingerprint density at radius 2 is 1.82 bits per heavy atom. The van der Waals surface area contributed by atoms with Crippen molar-refractivity contribution in [1.29, 1.82) is 0 Å². The van der Waals surface area contributed by atoms with Gasteiger partial charge in [-0.05, 0) is 36.1 Å². The van der Waals surface area contributed by atoms with Crippen LogP contribution in [0.25, 0.3) is 5.57 Å². The molecule has 0 saturated carbocycles. The van der Waals surface area contributed by atoms with Gasteiger partial charge < -0.3 is 15.5 Å². The Kier molecular flexibility index (Phi) is 5.95. The first kappa shape index (κ1) is 23.2. The predicted octanol–water partition coefficient (Wildman–Crippen LogP) is 5.13. The number of nitrogens with zero attached hydrogens (tertiary/aromatic N) is 2. The molecule has 1 fully saturated rings. The van der Waals surface area contributed by atoms with Crippen molar-refractivity contribution in [1.82, 2.24) is 0 Å². The van der Waals surface area contributed by atoms with Crippen molar-refractivity contribution in [2.75, 3.05) is 29.4 Å². The molecule has 0 aliphatic carbocycles. The van der Waals surface area contributed by atoms with E-state index in [9.17, 15) is 18.4 Å². The molecule has 2 aromatic carbocycles. The van der Waals surface area contributed by atoms with Crippen LogP contribution in [0.15, 0.2) is 48.5 Å². The third-order valence-electron chi connectivity index (χ3n) is 6.29. The summed E-state index contributed by atoms with van der Waals surface area (Å²) < 4.78 is 29.9. The van der Waals surface area contributed by atoms with Crippen molar-refractivity contribution in [2.24, 2.45) is 11.1 Å². The molecule has 8 heteroatoms. The van der Waals surface area contributed by atoms with Crippen molar-refractivity contribution >= 4 is 40.4 Å². The van der Waals surface area contributed by atoms with E-state index in [-0.39, 0.29) is 33.8 Å². The van der Waals surface area contributed by atoms with E-state index in [1.165, 1.54) is 11.0 Å². The second kappa shape index (κ2) is 8.45. The van der Waals surface area contributed by atoms with Crippen molar-refractivity contribution in [2.45, 2.75) is 32.6 Å². The number of para-hydroxylation sites is 1. The molecule has 2 aliphatic heterocycles. The number of hydrogen-bond donors (Lipinski definition) is 1. The number of primary amides is 1. The summed E-state index contributed by atoms with van der Waals surface area (Å²) in [6.45, 7) is 5.97. The summed E-state index contributed by atoms with van der Waals surface area (Å²) >= 11 is 6.52. The molecule has 0 spiro atoms. The van der Waals surface area contributed by atoms with Crippen LogP contribution in [0.5, 0.6) is 0 Å². The van der Waals surface area contributed by atoms with E-state index < -0.39 is 29.7 Å². The second-order valence-corrected chi connectivity index (χ2v) is 9.80. The number of allylic oxidation sites excluding steroid dienone is 1. The quantitative estimate of drug-likeness (QED) is 0.628. The highest BCUT2D eigenvalue weighted by Gasteiger charge is 2.41. The first-order valence-corrected chi connectivity index (χ1v) is 11.2. The summed E-state index contributed by atoms with van der Waals surface area (Å²) in [5.74, 6) is -4.77. The SMILES string of the molecule is CC1(C)CCN(c2ccc(C(=O)N3CCC(F)(F)/C(=C\C(N)=O)c4ccccc43)c(Cl)c2)C1. The van der Waals surface area contributed by atoms with Crippen molar-refractivity contribution in [3.8, 4) is 0 Å². The van der Waals surface area contributed by atoms with E-state index in [1.54, 1.807) is 30.3 Å². The van der Waals surface area contributed by atoms with E-state index in [0.29, 0.717) is 0 Å². The molecule has 0 bridgehead atoms. The first-order valence-electron chi connectivity index (χ1n) is 10.8. The Morgan fingerprint density at radius 1 is 1.09 bits per heavy atom. The zero-order chi connectivity index (χ0) is 24.0. The lowest BCUT2D eigenvalue weighted by Crippen LogP contribution is -2.33. The van der Waals surface area contributed by atoms with Crippen LogP contribution >= 0.6 is 11.6 Å². The molecule has 0 atom stereocenters. The number of amides is 2. The fourth-order valence-electron chi connectivity index (χ4n) is 4.53. The molecule has 2 aromatic rings. The zero-order valence-electron chi connectivity index (χ0n) is 18.6. The fourth-order valence-corrected chi connectivity index (χ4v) is 4.79. The highest BCUT2D eigenvalue weighted by Crippen LogP contribution is 2.43. The number of anilines is 2.